The molecule has 0 radical (unpaired) electrons. The van der Waals surface area contributed by atoms with E-state index in [0.717, 1.165) is 48.5 Å². The van der Waals surface area contributed by atoms with E-state index < -0.39 is 89.5 Å². The molecule has 1 fully saturated rings. The van der Waals surface area contributed by atoms with Gasteiger partial charge < -0.3 is 43.8 Å². The summed E-state index contributed by atoms with van der Waals surface area (Å²) < 4.78 is 64.6. The van der Waals surface area contributed by atoms with E-state index in [4.69, 9.17) is 23.7 Å². The number of nitrogens with one attached hydrogen (secondary N) is 1. The fraction of sp³-hybridized carbons (Fsp3) is 0.818. The molecule has 0 aliphatic carbocycles. The van der Waals surface area contributed by atoms with Crippen molar-refractivity contribution in [3.8, 4) is 0 Å². The normalized spacial score (nSPS) is 18.1. The van der Waals surface area contributed by atoms with Gasteiger partial charge in [-0.3, -0.25) is 19.2 Å². The van der Waals surface area contributed by atoms with E-state index in [1.165, 1.54) is 135 Å². The number of aliphatic hydroxyl groups excluding tert-OH is 2. The Kier molecular flexibility index (Phi) is 42.5. The Morgan fingerprint density at radius 3 is 1.48 bits per heavy atom. The van der Waals surface area contributed by atoms with E-state index in [1.54, 1.807) is 24.3 Å². The number of carbonyl (C=O) groups excluding carboxylic acids is 4. The minimum absolute atomic E-state index is 0. The molecule has 73 heavy (non-hydrogen) atoms. The summed E-state index contributed by atoms with van der Waals surface area (Å²) in [6.45, 7) is 3.45. The molecule has 1 aromatic carbocycles. The minimum Gasteiger partial charge on any atom is -0.748 e. The van der Waals surface area contributed by atoms with Crippen molar-refractivity contribution in [2.45, 2.75) is 263 Å². The van der Waals surface area contributed by atoms with Crippen LogP contribution in [0.4, 0.5) is 0 Å². The molecule has 0 bridgehead atoms. The van der Waals surface area contributed by atoms with Crippen LogP contribution < -0.4 is 34.9 Å². The van der Waals surface area contributed by atoms with Crippen molar-refractivity contribution < 1.29 is 95.6 Å². The molecule has 3 N–H and O–H groups in total. The van der Waals surface area contributed by atoms with Gasteiger partial charge in [-0.05, 0) is 59.7 Å². The fourth-order valence-electron chi connectivity index (χ4n) is 8.82. The van der Waals surface area contributed by atoms with E-state index in [0.29, 0.717) is 18.4 Å². The molecule has 18 heteroatoms. The molecule has 1 aliphatic rings. The topological polar surface area (TPSA) is 224 Å². The molecular weight excluding hydrogens is 1080 g/mol. The third kappa shape index (κ3) is 36.3. The van der Waals surface area contributed by atoms with Crippen LogP contribution in [0.3, 0.4) is 0 Å². The Balaban J connectivity index is 0.0000266. The largest absolute Gasteiger partial charge is 1.00 e. The summed E-state index contributed by atoms with van der Waals surface area (Å²) in [5.41, 5.74) is 0.362. The van der Waals surface area contributed by atoms with Crippen molar-refractivity contribution in [1.82, 2.24) is 5.32 Å². The Hall–Kier alpha value is -1.42. The molecule has 416 valence electrons. The summed E-state index contributed by atoms with van der Waals surface area (Å²) in [5.74, 6) is -3.68. The van der Waals surface area contributed by atoms with Gasteiger partial charge in [-0.25, -0.2) is 8.42 Å². The molecule has 1 saturated heterocycles. The first kappa shape index (κ1) is 69.6. The van der Waals surface area contributed by atoms with Crippen molar-refractivity contribution in [2.75, 3.05) is 25.5 Å². The van der Waals surface area contributed by atoms with Gasteiger partial charge in [0.15, 0.2) is 18.5 Å². The van der Waals surface area contributed by atoms with Crippen LogP contribution in [-0.2, 0) is 48.2 Å². The van der Waals surface area contributed by atoms with Crippen LogP contribution in [0.5, 0.6) is 0 Å². The number of hydrogen-bond donors (Lipinski definition) is 3. The summed E-state index contributed by atoms with van der Waals surface area (Å²) in [7, 11) is -5.03. The smallest absolute Gasteiger partial charge is 0.748 e. The Bertz CT molecular complexity index is 1690. The number of hydrogen-bond acceptors (Lipinski definition) is 14. The third-order valence-corrected chi connectivity index (χ3v) is 14.6. The maximum atomic E-state index is 13.1. The molecule has 0 aromatic heterocycles. The standard InChI is InChI=1S/C55H94INO14S.Na/c1-3-5-7-9-11-13-15-17-19-21-23-25-27-29-31-33-48(58)67-41-46(69-49(59)34-32-30-28-26-24-22-20-18-16-14-12-10-8-6-4-2)42-68-55-52(62)51(61)53(47(70-55)43-72(64,65)66)71-50(60)39-40-57-54(63)44-35-37-45(56)38-36-44;/h35-38,46-47,51-53,55,61-62H,3-34,39-43H2,1-2H3,(H,57,63)(H,64,65,66);/q;+1/p-1/t46?,47-,51-,52-,53-,55+;/m1./s1. The van der Waals surface area contributed by atoms with E-state index >= 15 is 0 Å². The monoisotopic (exact) mass is 1170 g/mol. The molecule has 15 nitrogen and oxygen atoms in total. The first-order valence-electron chi connectivity index (χ1n) is 27.9. The minimum atomic E-state index is -5.03. The van der Waals surface area contributed by atoms with Gasteiger partial charge in [0.25, 0.3) is 5.91 Å². The van der Waals surface area contributed by atoms with Gasteiger partial charge in [-0.15, -0.1) is 0 Å². The van der Waals surface area contributed by atoms with Crippen molar-refractivity contribution in [3.05, 3.63) is 33.4 Å². The van der Waals surface area contributed by atoms with Crippen LogP contribution in [0.15, 0.2) is 24.3 Å². The van der Waals surface area contributed by atoms with E-state index in [1.807, 2.05) is 0 Å². The van der Waals surface area contributed by atoms with E-state index in [9.17, 15) is 42.4 Å². The molecule has 1 heterocycles. The number of benzene rings is 1. The zero-order valence-corrected chi connectivity index (χ0v) is 50.0. The van der Waals surface area contributed by atoms with Crippen molar-refractivity contribution in [1.29, 1.82) is 0 Å². The SMILES string of the molecule is CCCCCCCCCCCCCCCCCC(=O)OCC(CO[C@H]1O[C@H](CS(=O)(=O)[O-])[C@@H](OC(=O)CCNC(=O)c2ccc(I)cc2)[C@H](O)[C@H]1O)OC(=O)CCCCCCCCCCCCCCCCC.[Na+]. The maximum Gasteiger partial charge on any atom is 1.00 e. The van der Waals surface area contributed by atoms with Gasteiger partial charge in [-0.2, -0.15) is 0 Å². The molecule has 6 atom stereocenters. The molecule has 1 unspecified atom stereocenters. The van der Waals surface area contributed by atoms with E-state index in [-0.39, 0.29) is 55.6 Å². The molecule has 0 saturated carbocycles. The van der Waals surface area contributed by atoms with Crippen LogP contribution in [0, 0.1) is 3.57 Å². The zero-order valence-electron chi connectivity index (χ0n) is 45.0. The predicted octanol–water partition coefficient (Wildman–Crippen LogP) is 8.31. The van der Waals surface area contributed by atoms with Gasteiger partial charge in [0.2, 0.25) is 0 Å². The fourth-order valence-corrected chi connectivity index (χ4v) is 9.85. The van der Waals surface area contributed by atoms with Gasteiger partial charge in [-0.1, -0.05) is 194 Å². The average Bonchev–Trinajstić information content (AvgIpc) is 3.34. The number of aliphatic hydroxyl groups is 2. The van der Waals surface area contributed by atoms with Crippen LogP contribution in [0.25, 0.3) is 0 Å². The Labute approximate surface area is 475 Å². The van der Waals surface area contributed by atoms with Gasteiger partial charge in [0.05, 0.1) is 28.9 Å². The molecule has 2 rings (SSSR count). The van der Waals surface area contributed by atoms with Gasteiger partial charge in [0.1, 0.15) is 24.9 Å². The van der Waals surface area contributed by atoms with Crippen molar-refractivity contribution in [3.63, 3.8) is 0 Å². The first-order valence-corrected chi connectivity index (χ1v) is 30.5. The molecule has 1 aromatic rings. The number of unbranched alkanes of at least 4 members (excludes halogenated alkanes) is 28. The quantitative estimate of drug-likeness (QED) is 0.0140. The average molecular weight is 1170 g/mol. The molecule has 1 aliphatic heterocycles. The van der Waals surface area contributed by atoms with E-state index in [2.05, 4.69) is 41.8 Å². The summed E-state index contributed by atoms with van der Waals surface area (Å²) in [4.78, 5) is 51.2. The zero-order chi connectivity index (χ0) is 52.7. The van der Waals surface area contributed by atoms with Crippen molar-refractivity contribution >= 4 is 56.5 Å². The third-order valence-electron chi connectivity index (χ3n) is 13.1. The predicted molar refractivity (Wildman–Crippen MR) is 287 cm³/mol. The maximum absolute atomic E-state index is 13.1. The molecule has 0 spiro atoms. The summed E-state index contributed by atoms with van der Waals surface area (Å²) in [5, 5.41) is 24.7. The van der Waals surface area contributed by atoms with Gasteiger partial charge >= 0.3 is 47.5 Å². The Morgan fingerprint density at radius 2 is 1.04 bits per heavy atom. The first-order chi connectivity index (χ1) is 34.7. The second-order valence-electron chi connectivity index (χ2n) is 19.7. The van der Waals surface area contributed by atoms with Crippen LogP contribution in [-0.4, -0.2) is 109 Å². The van der Waals surface area contributed by atoms with Crippen LogP contribution >= 0.6 is 22.6 Å². The number of rotatable bonds is 45. The number of halogens is 1. The van der Waals surface area contributed by atoms with Crippen molar-refractivity contribution in [2.24, 2.45) is 0 Å². The summed E-state index contributed by atoms with van der Waals surface area (Å²) >= 11 is 2.10. The number of carbonyl (C=O) groups is 4. The molecule has 1 amide bonds. The molecular formula is C55H93INNaO14S. The van der Waals surface area contributed by atoms with Crippen LogP contribution in [0.1, 0.15) is 236 Å². The second-order valence-corrected chi connectivity index (χ2v) is 22.4. The second kappa shape index (κ2) is 44.5. The summed E-state index contributed by atoms with van der Waals surface area (Å²) in [6, 6.07) is 6.71. The summed E-state index contributed by atoms with van der Waals surface area (Å²) in [6.07, 6.45) is 25.2. The number of amides is 1. The van der Waals surface area contributed by atoms with Crippen LogP contribution in [0.2, 0.25) is 0 Å². The van der Waals surface area contributed by atoms with Gasteiger partial charge in [0, 0.05) is 28.5 Å². The number of ether oxygens (including phenoxy) is 5. The number of esters is 3. The Morgan fingerprint density at radius 1 is 0.616 bits per heavy atom.